The second-order valence-electron chi connectivity index (χ2n) is 4.26. The Morgan fingerprint density at radius 3 is 2.59 bits per heavy atom. The van der Waals surface area contributed by atoms with Crippen molar-refractivity contribution in [3.05, 3.63) is 56.5 Å². The molecule has 0 aliphatic heterocycles. The lowest BCUT2D eigenvalue weighted by molar-refractivity contribution is 0.0952. The number of benzene rings is 2. The Kier molecular flexibility index (Phi) is 5.57. The number of phenolic OH excluding ortho intramolecular Hbond substituents is 1. The zero-order valence-electron chi connectivity index (χ0n) is 11.5. The van der Waals surface area contributed by atoms with Crippen LogP contribution in [0, 0.1) is 0 Å². The number of nitrogens with one attached hydrogen (secondary N) is 1. The van der Waals surface area contributed by atoms with Gasteiger partial charge in [0.1, 0.15) is 11.5 Å². The molecule has 0 unspecified atom stereocenters. The third-order valence-corrected chi connectivity index (χ3v) is 3.83. The smallest absolute Gasteiger partial charge is 0.275 e. The number of aromatic hydroxyl groups is 1. The first kappa shape index (κ1) is 16.5. The van der Waals surface area contributed by atoms with Crippen LogP contribution in [-0.4, -0.2) is 24.3 Å². The summed E-state index contributed by atoms with van der Waals surface area (Å²) in [5, 5.41) is 13.7. The summed E-state index contributed by atoms with van der Waals surface area (Å²) in [6, 6.07) is 10.4. The number of hydrazone groups is 1. The van der Waals surface area contributed by atoms with E-state index in [1.807, 2.05) is 12.1 Å². The fourth-order valence-electron chi connectivity index (χ4n) is 1.65. The molecule has 0 radical (unpaired) electrons. The molecule has 0 saturated heterocycles. The van der Waals surface area contributed by atoms with Gasteiger partial charge in [-0.25, -0.2) is 5.43 Å². The van der Waals surface area contributed by atoms with E-state index >= 15 is 0 Å². The molecule has 2 aromatic carbocycles. The van der Waals surface area contributed by atoms with Crippen LogP contribution >= 0.6 is 31.9 Å². The summed E-state index contributed by atoms with van der Waals surface area (Å²) < 4.78 is 6.14. The van der Waals surface area contributed by atoms with Gasteiger partial charge in [0.05, 0.1) is 23.4 Å². The molecule has 0 spiro atoms. The summed E-state index contributed by atoms with van der Waals surface area (Å²) in [6.45, 7) is 0. The summed E-state index contributed by atoms with van der Waals surface area (Å²) in [6.07, 6.45) is 1.50. The van der Waals surface area contributed by atoms with Gasteiger partial charge >= 0.3 is 0 Å². The molecule has 0 aliphatic rings. The lowest BCUT2D eigenvalue weighted by Gasteiger charge is -2.05. The zero-order chi connectivity index (χ0) is 16.1. The number of ether oxygens (including phenoxy) is 1. The molecule has 5 nitrogen and oxygen atoms in total. The number of nitrogens with zero attached hydrogens (tertiary/aromatic N) is 1. The number of halogens is 2. The van der Waals surface area contributed by atoms with E-state index in [2.05, 4.69) is 42.4 Å². The van der Waals surface area contributed by atoms with Crippen molar-refractivity contribution in [2.45, 2.75) is 0 Å². The minimum Gasteiger partial charge on any atom is -0.506 e. The largest absolute Gasteiger partial charge is 0.506 e. The van der Waals surface area contributed by atoms with E-state index in [1.165, 1.54) is 12.3 Å². The van der Waals surface area contributed by atoms with E-state index in [1.54, 1.807) is 25.3 Å². The molecule has 0 fully saturated rings. The van der Waals surface area contributed by atoms with Crippen molar-refractivity contribution in [1.29, 1.82) is 0 Å². The van der Waals surface area contributed by atoms with Crippen LogP contribution in [0.4, 0.5) is 0 Å². The quantitative estimate of drug-likeness (QED) is 0.577. The number of rotatable bonds is 4. The second kappa shape index (κ2) is 7.42. The lowest BCUT2D eigenvalue weighted by atomic mass is 10.2. The Labute approximate surface area is 144 Å². The molecule has 0 bridgehead atoms. The number of hydrogen-bond acceptors (Lipinski definition) is 4. The summed E-state index contributed by atoms with van der Waals surface area (Å²) in [4.78, 5) is 12.0. The van der Waals surface area contributed by atoms with Crippen LogP contribution in [0.1, 0.15) is 15.9 Å². The molecule has 0 aromatic heterocycles. The Morgan fingerprint density at radius 2 is 1.95 bits per heavy atom. The maximum Gasteiger partial charge on any atom is 0.275 e. The Balaban J connectivity index is 2.07. The molecule has 0 atom stereocenters. The van der Waals surface area contributed by atoms with Crippen LogP contribution in [0.3, 0.4) is 0 Å². The highest BCUT2D eigenvalue weighted by molar-refractivity contribution is 9.11. The monoisotopic (exact) mass is 426 g/mol. The molecular formula is C15H12Br2N2O3. The second-order valence-corrected chi connectivity index (χ2v) is 6.03. The molecule has 114 valence electrons. The first-order valence-electron chi connectivity index (χ1n) is 6.16. The summed E-state index contributed by atoms with van der Waals surface area (Å²) in [5.41, 5.74) is 3.29. The van der Waals surface area contributed by atoms with Crippen LogP contribution < -0.4 is 10.2 Å². The highest BCUT2D eigenvalue weighted by Crippen LogP contribution is 2.31. The minimum absolute atomic E-state index is 0.119. The predicted octanol–water partition coefficient (Wildman–Crippen LogP) is 3.69. The van der Waals surface area contributed by atoms with E-state index in [0.29, 0.717) is 8.95 Å². The van der Waals surface area contributed by atoms with Gasteiger partial charge in [-0.15, -0.1) is 0 Å². The Hall–Kier alpha value is -1.86. The third-order valence-electron chi connectivity index (χ3n) is 2.77. The molecule has 0 saturated carbocycles. The molecule has 0 heterocycles. The lowest BCUT2D eigenvalue weighted by Crippen LogP contribution is -2.17. The van der Waals surface area contributed by atoms with Crippen molar-refractivity contribution in [3.63, 3.8) is 0 Å². The van der Waals surface area contributed by atoms with Crippen molar-refractivity contribution in [2.24, 2.45) is 5.10 Å². The van der Waals surface area contributed by atoms with E-state index in [-0.39, 0.29) is 11.3 Å². The predicted molar refractivity (Wildman–Crippen MR) is 91.6 cm³/mol. The van der Waals surface area contributed by atoms with Gasteiger partial charge in [-0.3, -0.25) is 4.79 Å². The van der Waals surface area contributed by atoms with Gasteiger partial charge in [-0.05, 0) is 57.9 Å². The van der Waals surface area contributed by atoms with Gasteiger partial charge in [0, 0.05) is 4.47 Å². The molecule has 7 heteroatoms. The van der Waals surface area contributed by atoms with Gasteiger partial charge in [0.15, 0.2) is 0 Å². The third kappa shape index (κ3) is 4.08. The maximum absolute atomic E-state index is 12.0. The zero-order valence-corrected chi connectivity index (χ0v) is 14.7. The number of hydrogen-bond donors (Lipinski definition) is 2. The van der Waals surface area contributed by atoms with E-state index in [4.69, 9.17) is 4.74 Å². The summed E-state index contributed by atoms with van der Waals surface area (Å²) >= 11 is 6.44. The van der Waals surface area contributed by atoms with Crippen LogP contribution in [0.5, 0.6) is 11.5 Å². The fourth-order valence-corrected chi connectivity index (χ4v) is 2.88. The normalized spacial score (nSPS) is 10.7. The first-order chi connectivity index (χ1) is 10.5. The van der Waals surface area contributed by atoms with Gasteiger partial charge in [-0.2, -0.15) is 5.10 Å². The van der Waals surface area contributed by atoms with Gasteiger partial charge in [0.25, 0.3) is 5.91 Å². The molecule has 2 aromatic rings. The van der Waals surface area contributed by atoms with E-state index in [9.17, 15) is 9.90 Å². The first-order valence-corrected chi connectivity index (χ1v) is 7.75. The molecule has 22 heavy (non-hydrogen) atoms. The Bertz CT molecular complexity index is 715. The van der Waals surface area contributed by atoms with Crippen molar-refractivity contribution in [2.75, 3.05) is 7.11 Å². The van der Waals surface area contributed by atoms with Crippen LogP contribution in [0.15, 0.2) is 50.4 Å². The molecule has 2 N–H and O–H groups in total. The SMILES string of the molecule is COc1ccc(C=NNC(=O)c2cc(Br)cc(Br)c2O)cc1. The molecule has 2 rings (SSSR count). The minimum atomic E-state index is -0.510. The number of methoxy groups -OCH3 is 1. The summed E-state index contributed by atoms with van der Waals surface area (Å²) in [7, 11) is 1.59. The number of amides is 1. The number of phenols is 1. The Morgan fingerprint density at radius 1 is 1.27 bits per heavy atom. The highest BCUT2D eigenvalue weighted by atomic mass is 79.9. The standard InChI is InChI=1S/C15H12Br2N2O3/c1-22-11-4-2-9(3-5-11)8-18-19-15(21)12-6-10(16)7-13(17)14(12)20/h2-8,20H,1H3,(H,19,21). The average Bonchev–Trinajstić information content (AvgIpc) is 2.51. The maximum atomic E-state index is 12.0. The topological polar surface area (TPSA) is 70.9 Å². The molecule has 0 aliphatic carbocycles. The van der Waals surface area contributed by atoms with Gasteiger partial charge in [-0.1, -0.05) is 15.9 Å². The van der Waals surface area contributed by atoms with Crippen LogP contribution in [0.2, 0.25) is 0 Å². The molecule has 1 amide bonds. The van der Waals surface area contributed by atoms with Crippen LogP contribution in [-0.2, 0) is 0 Å². The van der Waals surface area contributed by atoms with Crippen LogP contribution in [0.25, 0.3) is 0 Å². The number of carbonyl (C=O) groups is 1. The van der Waals surface area contributed by atoms with Crippen molar-refractivity contribution < 1.29 is 14.6 Å². The molecular weight excluding hydrogens is 416 g/mol. The van der Waals surface area contributed by atoms with Crippen molar-refractivity contribution in [1.82, 2.24) is 5.43 Å². The average molecular weight is 428 g/mol. The van der Waals surface area contributed by atoms with E-state index in [0.717, 1.165) is 11.3 Å². The highest BCUT2D eigenvalue weighted by Gasteiger charge is 2.14. The van der Waals surface area contributed by atoms with Crippen molar-refractivity contribution in [3.8, 4) is 11.5 Å². The van der Waals surface area contributed by atoms with Gasteiger partial charge < -0.3 is 9.84 Å². The number of carbonyl (C=O) groups excluding carboxylic acids is 1. The van der Waals surface area contributed by atoms with E-state index < -0.39 is 5.91 Å². The fraction of sp³-hybridized carbons (Fsp3) is 0.0667. The van der Waals surface area contributed by atoms with Gasteiger partial charge in [0.2, 0.25) is 0 Å². The summed E-state index contributed by atoms with van der Waals surface area (Å²) in [5.74, 6) is 0.0923. The van der Waals surface area contributed by atoms with Crippen molar-refractivity contribution >= 4 is 44.0 Å².